The molecule has 1 heteroatoms. The van der Waals surface area contributed by atoms with E-state index in [0.717, 1.165) is 6.54 Å². The second-order valence-electron chi connectivity index (χ2n) is 7.59. The van der Waals surface area contributed by atoms with Gasteiger partial charge in [-0.05, 0) is 94.4 Å². The molecule has 1 aliphatic heterocycles. The molecule has 2 unspecified atom stereocenters. The number of hydrogen-bond donors (Lipinski definition) is 0. The highest BCUT2D eigenvalue weighted by Gasteiger charge is 2.43. The van der Waals surface area contributed by atoms with Crippen LogP contribution >= 0.6 is 0 Å². The zero-order valence-corrected chi connectivity index (χ0v) is 16.3. The third-order valence-electron chi connectivity index (χ3n) is 6.90. The van der Waals surface area contributed by atoms with Crippen molar-refractivity contribution >= 4 is 11.3 Å². The van der Waals surface area contributed by atoms with Crippen LogP contribution in [0.4, 0.5) is 5.69 Å². The smallest absolute Gasteiger partial charge is 0.0614 e. The summed E-state index contributed by atoms with van der Waals surface area (Å²) in [7, 11) is 0. The summed E-state index contributed by atoms with van der Waals surface area (Å²) in [6, 6.07) is 0.511. The third kappa shape index (κ3) is 1.92. The van der Waals surface area contributed by atoms with E-state index in [1.807, 2.05) is 0 Å². The normalized spacial score (nSPS) is 23.6. The molecule has 0 saturated carbocycles. The Morgan fingerprint density at radius 2 is 1.35 bits per heavy atom. The van der Waals surface area contributed by atoms with E-state index in [1.165, 1.54) is 44.7 Å². The molecular formula is C22H31N. The Morgan fingerprint density at radius 1 is 0.783 bits per heavy atom. The maximum Gasteiger partial charge on any atom is 0.0614 e. The van der Waals surface area contributed by atoms with E-state index in [9.17, 15) is 0 Å². The van der Waals surface area contributed by atoms with Gasteiger partial charge in [0.15, 0.2) is 0 Å². The summed E-state index contributed by atoms with van der Waals surface area (Å²) in [5, 5.41) is 0. The zero-order chi connectivity index (χ0) is 17.2. The fourth-order valence-electron chi connectivity index (χ4n) is 4.78. The number of anilines is 1. The van der Waals surface area contributed by atoms with E-state index in [0.29, 0.717) is 12.0 Å². The first-order chi connectivity index (χ1) is 10.7. The molecule has 23 heavy (non-hydrogen) atoms. The first-order valence-corrected chi connectivity index (χ1v) is 8.99. The predicted octanol–water partition coefficient (Wildman–Crippen LogP) is 5.89. The van der Waals surface area contributed by atoms with Gasteiger partial charge in [0.1, 0.15) is 0 Å². The van der Waals surface area contributed by atoms with E-state index in [4.69, 9.17) is 0 Å². The highest BCUT2D eigenvalue weighted by atomic mass is 15.2. The number of fused-ring (bicyclic) bond motifs is 3. The number of benzene rings is 1. The minimum atomic E-state index is 0.511. The molecule has 0 N–H and O–H groups in total. The van der Waals surface area contributed by atoms with Crippen molar-refractivity contribution < 1.29 is 0 Å². The van der Waals surface area contributed by atoms with Gasteiger partial charge in [-0.2, -0.15) is 0 Å². The number of likely N-dealkylation sites (N-methyl/N-ethyl adjacent to an activating group) is 1. The zero-order valence-electron chi connectivity index (χ0n) is 16.3. The van der Waals surface area contributed by atoms with Gasteiger partial charge < -0.3 is 4.90 Å². The standard InChI is InChI=1S/C22H31N/c1-10-23-21-17(8)13(4)11(2)15(6)19(21)20-16(7)12(3)14(5)18(9)22(20)23/h17,21H,10H2,1-9H3. The minimum absolute atomic E-state index is 0.511. The molecule has 1 nitrogen and oxygen atoms in total. The summed E-state index contributed by atoms with van der Waals surface area (Å²) >= 11 is 0. The van der Waals surface area contributed by atoms with Gasteiger partial charge in [-0.25, -0.2) is 0 Å². The van der Waals surface area contributed by atoms with Crippen molar-refractivity contribution in [3.05, 3.63) is 44.5 Å². The van der Waals surface area contributed by atoms with E-state index in [1.54, 1.807) is 11.1 Å². The molecule has 1 aromatic carbocycles. The lowest BCUT2D eigenvalue weighted by Gasteiger charge is -2.37. The Morgan fingerprint density at radius 3 is 1.91 bits per heavy atom. The Balaban J connectivity index is 2.44. The average Bonchev–Trinajstić information content (AvgIpc) is 2.89. The fraction of sp³-hybridized carbons (Fsp3) is 0.545. The summed E-state index contributed by atoms with van der Waals surface area (Å²) in [5.41, 5.74) is 15.1. The summed E-state index contributed by atoms with van der Waals surface area (Å²) in [5.74, 6) is 0.584. The Hall–Kier alpha value is -1.50. The van der Waals surface area contributed by atoms with Gasteiger partial charge in [-0.15, -0.1) is 0 Å². The van der Waals surface area contributed by atoms with Crippen LogP contribution in [-0.4, -0.2) is 12.6 Å². The van der Waals surface area contributed by atoms with Gasteiger partial charge in [-0.1, -0.05) is 12.5 Å². The second-order valence-corrected chi connectivity index (χ2v) is 7.59. The number of nitrogens with zero attached hydrogens (tertiary/aromatic N) is 1. The molecule has 1 aromatic rings. The van der Waals surface area contributed by atoms with Crippen molar-refractivity contribution in [2.45, 2.75) is 68.4 Å². The first kappa shape index (κ1) is 16.4. The molecule has 2 atom stereocenters. The van der Waals surface area contributed by atoms with E-state index in [2.05, 4.69) is 67.2 Å². The Labute approximate surface area is 142 Å². The van der Waals surface area contributed by atoms with E-state index in [-0.39, 0.29) is 0 Å². The molecule has 2 aliphatic rings. The van der Waals surface area contributed by atoms with E-state index < -0.39 is 0 Å². The van der Waals surface area contributed by atoms with Crippen LogP contribution in [0.1, 0.15) is 62.4 Å². The van der Waals surface area contributed by atoms with E-state index >= 15 is 0 Å². The summed E-state index contributed by atoms with van der Waals surface area (Å²) in [6.07, 6.45) is 0. The van der Waals surface area contributed by atoms with Crippen LogP contribution in [0.15, 0.2) is 16.7 Å². The molecule has 0 spiro atoms. The van der Waals surface area contributed by atoms with Gasteiger partial charge in [0.05, 0.1) is 6.04 Å². The largest absolute Gasteiger partial charge is 0.363 e. The third-order valence-corrected chi connectivity index (χ3v) is 6.90. The maximum absolute atomic E-state index is 2.67. The van der Waals surface area contributed by atoms with Crippen molar-refractivity contribution in [1.29, 1.82) is 0 Å². The molecule has 1 aliphatic carbocycles. The van der Waals surface area contributed by atoms with Gasteiger partial charge in [0.2, 0.25) is 0 Å². The molecule has 3 rings (SSSR count). The van der Waals surface area contributed by atoms with Crippen molar-refractivity contribution in [1.82, 2.24) is 0 Å². The van der Waals surface area contributed by atoms with Crippen molar-refractivity contribution in [3.8, 4) is 0 Å². The lowest BCUT2D eigenvalue weighted by Crippen LogP contribution is -2.39. The van der Waals surface area contributed by atoms with Gasteiger partial charge in [0.25, 0.3) is 0 Å². The van der Waals surface area contributed by atoms with Gasteiger partial charge in [-0.3, -0.25) is 0 Å². The van der Waals surface area contributed by atoms with Crippen LogP contribution in [0.5, 0.6) is 0 Å². The first-order valence-electron chi connectivity index (χ1n) is 8.99. The maximum atomic E-state index is 2.67. The van der Waals surface area contributed by atoms with Crippen LogP contribution < -0.4 is 4.90 Å². The van der Waals surface area contributed by atoms with Crippen LogP contribution in [-0.2, 0) is 0 Å². The highest BCUT2D eigenvalue weighted by molar-refractivity contribution is 5.96. The van der Waals surface area contributed by atoms with Crippen LogP contribution in [0, 0.1) is 33.6 Å². The van der Waals surface area contributed by atoms with Crippen molar-refractivity contribution in [3.63, 3.8) is 0 Å². The lowest BCUT2D eigenvalue weighted by molar-refractivity contribution is 0.561. The summed E-state index contributed by atoms with van der Waals surface area (Å²) in [4.78, 5) is 2.67. The van der Waals surface area contributed by atoms with Crippen LogP contribution in [0.2, 0.25) is 0 Å². The monoisotopic (exact) mass is 309 g/mol. The second kappa shape index (κ2) is 5.26. The molecular weight excluding hydrogens is 278 g/mol. The van der Waals surface area contributed by atoms with Gasteiger partial charge >= 0.3 is 0 Å². The fourth-order valence-corrected chi connectivity index (χ4v) is 4.78. The van der Waals surface area contributed by atoms with Crippen LogP contribution in [0.25, 0.3) is 5.57 Å². The molecule has 124 valence electrons. The SMILES string of the molecule is CCN1c2c(C)c(C)c(C)c(C)c2C2=C(C)C(C)=C(C)C(C)C21. The number of hydrogen-bond acceptors (Lipinski definition) is 1. The molecule has 0 amide bonds. The van der Waals surface area contributed by atoms with Crippen molar-refractivity contribution in [2.75, 3.05) is 11.4 Å². The molecule has 0 bridgehead atoms. The summed E-state index contributed by atoms with van der Waals surface area (Å²) < 4.78 is 0. The minimum Gasteiger partial charge on any atom is -0.363 e. The lowest BCUT2D eigenvalue weighted by atomic mass is 9.75. The van der Waals surface area contributed by atoms with Crippen LogP contribution in [0.3, 0.4) is 0 Å². The molecule has 0 radical (unpaired) electrons. The molecule has 1 heterocycles. The molecule has 0 fully saturated rings. The summed E-state index contributed by atoms with van der Waals surface area (Å²) in [6.45, 7) is 22.0. The Bertz CT molecular complexity index is 761. The predicted molar refractivity (Wildman–Crippen MR) is 102 cm³/mol. The van der Waals surface area contributed by atoms with Gasteiger partial charge in [0, 0.05) is 23.7 Å². The Kier molecular flexibility index (Phi) is 3.74. The number of allylic oxidation sites excluding steroid dienone is 2. The average molecular weight is 309 g/mol. The molecule has 0 aromatic heterocycles. The topological polar surface area (TPSA) is 3.24 Å². The van der Waals surface area contributed by atoms with Crippen molar-refractivity contribution in [2.24, 2.45) is 5.92 Å². The quantitative estimate of drug-likeness (QED) is 0.625. The number of rotatable bonds is 1. The molecule has 0 saturated heterocycles. The highest BCUT2D eigenvalue weighted by Crippen LogP contribution is 2.53.